The molecule has 0 radical (unpaired) electrons. The van der Waals surface area contributed by atoms with Crippen LogP contribution in [0.25, 0.3) is 0 Å². The first kappa shape index (κ1) is 20.8. The zero-order valence-corrected chi connectivity index (χ0v) is 17.5. The smallest absolute Gasteiger partial charge is 0.194 e. The zero-order valence-electron chi connectivity index (χ0n) is 17.5. The lowest BCUT2D eigenvalue weighted by molar-refractivity contribution is -0.0817. The molecule has 1 N–H and O–H groups in total. The van der Waals surface area contributed by atoms with Gasteiger partial charge >= 0.3 is 0 Å². The predicted molar refractivity (Wildman–Crippen MR) is 109 cm³/mol. The summed E-state index contributed by atoms with van der Waals surface area (Å²) in [5, 5.41) is 3.49. The molecule has 0 saturated carbocycles. The van der Waals surface area contributed by atoms with Crippen LogP contribution >= 0.6 is 0 Å². The Morgan fingerprint density at radius 1 is 1.07 bits per heavy atom. The van der Waals surface area contributed by atoms with Gasteiger partial charge in [-0.3, -0.25) is 9.89 Å². The van der Waals surface area contributed by atoms with Crippen LogP contribution in [0.15, 0.2) is 4.99 Å². The van der Waals surface area contributed by atoms with Crippen LogP contribution in [-0.2, 0) is 9.47 Å². The van der Waals surface area contributed by atoms with Crippen molar-refractivity contribution in [1.82, 2.24) is 20.0 Å². The molecule has 156 valence electrons. The number of ether oxygens (including phenoxy) is 2. The Bertz CT molecular complexity index is 461. The highest BCUT2D eigenvalue weighted by Crippen LogP contribution is 2.21. The molecule has 27 heavy (non-hydrogen) atoms. The Balaban J connectivity index is 1.53. The molecule has 3 rings (SSSR count). The maximum atomic E-state index is 6.00. The molecule has 3 saturated heterocycles. The van der Waals surface area contributed by atoms with Crippen LogP contribution < -0.4 is 5.32 Å². The van der Waals surface area contributed by atoms with Crippen LogP contribution in [0, 0.1) is 0 Å². The highest BCUT2D eigenvalue weighted by molar-refractivity contribution is 5.80. The van der Waals surface area contributed by atoms with E-state index in [9.17, 15) is 0 Å². The lowest BCUT2D eigenvalue weighted by atomic mass is 10.1. The number of likely N-dealkylation sites (N-methyl/N-ethyl adjacent to an activating group) is 1. The molecule has 3 heterocycles. The topological polar surface area (TPSA) is 52.6 Å². The molecule has 3 aliphatic heterocycles. The summed E-state index contributed by atoms with van der Waals surface area (Å²) in [5.74, 6) is 1.03. The van der Waals surface area contributed by atoms with E-state index in [1.165, 1.54) is 13.1 Å². The maximum absolute atomic E-state index is 6.00. The van der Waals surface area contributed by atoms with Crippen LogP contribution in [0.3, 0.4) is 0 Å². The number of nitrogens with one attached hydrogen (secondary N) is 1. The average Bonchev–Trinajstić information content (AvgIpc) is 3.26. The number of guanidine groups is 1. The molecule has 3 aliphatic rings. The van der Waals surface area contributed by atoms with E-state index in [4.69, 9.17) is 14.5 Å². The first-order chi connectivity index (χ1) is 13.2. The zero-order chi connectivity index (χ0) is 19.1. The van der Waals surface area contributed by atoms with Crippen molar-refractivity contribution in [2.24, 2.45) is 4.99 Å². The molecule has 3 atom stereocenters. The number of morpholine rings is 1. The van der Waals surface area contributed by atoms with Crippen LogP contribution in [0.4, 0.5) is 0 Å². The Labute approximate surface area is 165 Å². The third-order valence-corrected chi connectivity index (χ3v) is 6.09. The summed E-state index contributed by atoms with van der Waals surface area (Å²) in [6, 6.07) is 0.479. The van der Waals surface area contributed by atoms with Crippen LogP contribution in [0.1, 0.15) is 33.6 Å². The Morgan fingerprint density at radius 2 is 1.85 bits per heavy atom. The third-order valence-electron chi connectivity index (χ3n) is 6.09. The average molecular weight is 382 g/mol. The summed E-state index contributed by atoms with van der Waals surface area (Å²) in [7, 11) is 0. The van der Waals surface area contributed by atoms with E-state index in [1.807, 2.05) is 0 Å². The van der Waals surface area contributed by atoms with Crippen LogP contribution in [-0.4, -0.2) is 111 Å². The number of piperazine rings is 1. The van der Waals surface area contributed by atoms with Gasteiger partial charge in [0.1, 0.15) is 6.10 Å². The first-order valence-electron chi connectivity index (χ1n) is 10.9. The molecular weight excluding hydrogens is 342 g/mol. The van der Waals surface area contributed by atoms with E-state index in [2.05, 4.69) is 40.8 Å². The standard InChI is InChI=1S/C20H39N5O2/c1-4-21-20(22-15-17(3)24-10-8-23(5-2)9-11-24)25-12-14-27-19(16-25)18-7-6-13-26-18/h17-19H,4-16H2,1-3H3,(H,21,22). The minimum Gasteiger partial charge on any atom is -0.375 e. The van der Waals surface area contributed by atoms with Gasteiger partial charge in [-0.15, -0.1) is 0 Å². The van der Waals surface area contributed by atoms with Crippen molar-refractivity contribution in [3.63, 3.8) is 0 Å². The van der Waals surface area contributed by atoms with Crippen LogP contribution in [0.5, 0.6) is 0 Å². The fourth-order valence-electron chi connectivity index (χ4n) is 4.27. The Hall–Kier alpha value is -0.890. The van der Waals surface area contributed by atoms with Gasteiger partial charge in [0.05, 0.1) is 19.3 Å². The van der Waals surface area contributed by atoms with Crippen molar-refractivity contribution < 1.29 is 9.47 Å². The lowest BCUT2D eigenvalue weighted by Gasteiger charge is -2.38. The molecule has 0 amide bonds. The number of hydrogen-bond donors (Lipinski definition) is 1. The molecular formula is C20H39N5O2. The van der Waals surface area contributed by atoms with E-state index >= 15 is 0 Å². The third kappa shape index (κ3) is 5.79. The molecule has 7 nitrogen and oxygen atoms in total. The largest absolute Gasteiger partial charge is 0.375 e. The highest BCUT2D eigenvalue weighted by atomic mass is 16.5. The van der Waals surface area contributed by atoms with Gasteiger partial charge in [-0.25, -0.2) is 0 Å². The SMILES string of the molecule is CCNC(=NCC(C)N1CCN(CC)CC1)N1CCOC(C2CCCO2)C1. The van der Waals surface area contributed by atoms with Gasteiger partial charge in [0.2, 0.25) is 0 Å². The van der Waals surface area contributed by atoms with E-state index in [1.54, 1.807) is 0 Å². The summed E-state index contributed by atoms with van der Waals surface area (Å²) in [5.41, 5.74) is 0. The lowest BCUT2D eigenvalue weighted by Crippen LogP contribution is -2.54. The molecule has 0 aromatic carbocycles. The predicted octanol–water partition coefficient (Wildman–Crippen LogP) is 0.858. The number of nitrogens with zero attached hydrogens (tertiary/aromatic N) is 4. The summed E-state index contributed by atoms with van der Waals surface area (Å²) in [6.07, 6.45) is 2.70. The fraction of sp³-hybridized carbons (Fsp3) is 0.950. The minimum atomic E-state index is 0.171. The van der Waals surface area contributed by atoms with Gasteiger partial charge in [0.15, 0.2) is 5.96 Å². The van der Waals surface area contributed by atoms with E-state index in [0.717, 1.165) is 77.8 Å². The summed E-state index contributed by atoms with van der Waals surface area (Å²) in [6.45, 7) is 17.7. The molecule has 0 aromatic rings. The second-order valence-corrected chi connectivity index (χ2v) is 7.92. The fourth-order valence-corrected chi connectivity index (χ4v) is 4.27. The van der Waals surface area contributed by atoms with Gasteiger partial charge in [-0.2, -0.15) is 0 Å². The molecule has 3 fully saturated rings. The van der Waals surface area contributed by atoms with E-state index < -0.39 is 0 Å². The van der Waals surface area contributed by atoms with E-state index in [-0.39, 0.29) is 12.2 Å². The van der Waals surface area contributed by atoms with Crippen molar-refractivity contribution in [3.8, 4) is 0 Å². The molecule has 0 aromatic heterocycles. The summed E-state index contributed by atoms with van der Waals surface area (Å²) in [4.78, 5) is 12.5. The number of hydrogen-bond acceptors (Lipinski definition) is 5. The molecule has 3 unspecified atom stereocenters. The van der Waals surface area contributed by atoms with Crippen molar-refractivity contribution in [2.45, 2.75) is 51.9 Å². The highest BCUT2D eigenvalue weighted by Gasteiger charge is 2.32. The second kappa shape index (κ2) is 10.6. The first-order valence-corrected chi connectivity index (χ1v) is 10.9. The van der Waals surface area contributed by atoms with Gasteiger partial charge in [0.25, 0.3) is 0 Å². The van der Waals surface area contributed by atoms with Gasteiger partial charge in [-0.1, -0.05) is 6.92 Å². The van der Waals surface area contributed by atoms with Gasteiger partial charge in [-0.05, 0) is 33.2 Å². The second-order valence-electron chi connectivity index (χ2n) is 7.92. The van der Waals surface area contributed by atoms with Crippen molar-refractivity contribution in [3.05, 3.63) is 0 Å². The summed E-state index contributed by atoms with van der Waals surface area (Å²) >= 11 is 0. The normalized spacial score (nSPS) is 29.9. The van der Waals surface area contributed by atoms with Gasteiger partial charge < -0.3 is 24.6 Å². The Morgan fingerprint density at radius 3 is 2.52 bits per heavy atom. The maximum Gasteiger partial charge on any atom is 0.194 e. The molecule has 0 bridgehead atoms. The van der Waals surface area contributed by atoms with Gasteiger partial charge in [0, 0.05) is 58.5 Å². The van der Waals surface area contributed by atoms with E-state index in [0.29, 0.717) is 6.04 Å². The van der Waals surface area contributed by atoms with Crippen LogP contribution in [0.2, 0.25) is 0 Å². The monoisotopic (exact) mass is 381 g/mol. The Kier molecular flexibility index (Phi) is 8.18. The van der Waals surface area contributed by atoms with Crippen molar-refractivity contribution in [2.75, 3.05) is 72.1 Å². The molecule has 0 aliphatic carbocycles. The molecule has 7 heteroatoms. The quantitative estimate of drug-likeness (QED) is 0.544. The summed E-state index contributed by atoms with van der Waals surface area (Å²) < 4.78 is 11.9. The van der Waals surface area contributed by atoms with Crippen molar-refractivity contribution in [1.29, 1.82) is 0 Å². The van der Waals surface area contributed by atoms with Crippen molar-refractivity contribution >= 4 is 5.96 Å². The number of aliphatic imine (C=N–C) groups is 1. The minimum absolute atomic E-state index is 0.171. The molecule has 0 spiro atoms. The number of rotatable bonds is 6.